The van der Waals surface area contributed by atoms with Gasteiger partial charge < -0.3 is 10.5 Å². The van der Waals surface area contributed by atoms with E-state index < -0.39 is 24.1 Å². The second-order valence-corrected chi connectivity index (χ2v) is 2.61. The van der Waals surface area contributed by atoms with Crippen LogP contribution in [0, 0.1) is 5.92 Å². The van der Waals surface area contributed by atoms with Gasteiger partial charge in [-0.25, -0.2) is 0 Å². The van der Waals surface area contributed by atoms with Crippen molar-refractivity contribution in [2.24, 2.45) is 11.7 Å². The third-order valence-corrected chi connectivity index (χ3v) is 1.58. The van der Waals surface area contributed by atoms with Gasteiger partial charge >= 0.3 is 12.1 Å². The molecule has 0 aliphatic rings. The summed E-state index contributed by atoms with van der Waals surface area (Å²) in [6, 6.07) is -2.16. The lowest BCUT2D eigenvalue weighted by Gasteiger charge is -2.20. The maximum atomic E-state index is 12.0. The summed E-state index contributed by atoms with van der Waals surface area (Å²) >= 11 is 0. The van der Waals surface area contributed by atoms with Gasteiger partial charge in [0.2, 0.25) is 0 Å². The highest BCUT2D eigenvalue weighted by atomic mass is 19.4. The fourth-order valence-electron chi connectivity index (χ4n) is 0.704. The monoisotopic (exact) mass is 199 g/mol. The molecule has 0 amide bonds. The summed E-state index contributed by atoms with van der Waals surface area (Å²) in [5.74, 6) is -2.28. The molecule has 3 nitrogen and oxygen atoms in total. The number of rotatable bonds is 3. The van der Waals surface area contributed by atoms with Crippen LogP contribution in [0.4, 0.5) is 13.2 Å². The molecule has 0 fully saturated rings. The number of alkyl halides is 3. The number of nitrogens with two attached hydrogens (primary N) is 1. The molecule has 0 spiro atoms. The van der Waals surface area contributed by atoms with E-state index in [0.29, 0.717) is 0 Å². The van der Waals surface area contributed by atoms with Crippen molar-refractivity contribution in [1.29, 1.82) is 0 Å². The van der Waals surface area contributed by atoms with Gasteiger partial charge in [-0.3, -0.25) is 4.79 Å². The number of esters is 1. The van der Waals surface area contributed by atoms with Crippen LogP contribution in [-0.2, 0) is 9.53 Å². The standard InChI is InChI=1S/C7H12F3NO2/c1-3-13-6(12)4(2)5(11)7(8,9)10/h4-5H,3,11H2,1-2H3/t4-,5+/m1/s1. The Morgan fingerprint density at radius 2 is 2.00 bits per heavy atom. The summed E-state index contributed by atoms with van der Waals surface area (Å²) in [6.45, 7) is 2.66. The minimum atomic E-state index is -4.56. The smallest absolute Gasteiger partial charge is 0.404 e. The van der Waals surface area contributed by atoms with E-state index in [1.165, 1.54) is 6.92 Å². The molecule has 6 heteroatoms. The third kappa shape index (κ3) is 3.63. The topological polar surface area (TPSA) is 52.3 Å². The van der Waals surface area contributed by atoms with E-state index in [9.17, 15) is 18.0 Å². The van der Waals surface area contributed by atoms with Crippen molar-refractivity contribution in [3.05, 3.63) is 0 Å². The SMILES string of the molecule is CCOC(=O)[C@H](C)[C@H](N)C(F)(F)F. The second-order valence-electron chi connectivity index (χ2n) is 2.61. The molecule has 0 saturated heterocycles. The van der Waals surface area contributed by atoms with Crippen LogP contribution in [0.15, 0.2) is 0 Å². The molecule has 0 rings (SSSR count). The molecule has 0 heterocycles. The van der Waals surface area contributed by atoms with Crippen LogP contribution in [0.2, 0.25) is 0 Å². The van der Waals surface area contributed by atoms with Crippen LogP contribution in [-0.4, -0.2) is 24.8 Å². The Morgan fingerprint density at radius 1 is 1.54 bits per heavy atom. The zero-order valence-electron chi connectivity index (χ0n) is 7.39. The Hall–Kier alpha value is -0.780. The number of carbonyl (C=O) groups is 1. The summed E-state index contributed by atoms with van der Waals surface area (Å²) < 4.78 is 40.3. The summed E-state index contributed by atoms with van der Waals surface area (Å²) in [6.07, 6.45) is -4.56. The van der Waals surface area contributed by atoms with E-state index in [4.69, 9.17) is 5.73 Å². The van der Waals surface area contributed by atoms with E-state index in [1.54, 1.807) is 0 Å². The number of hydrogen-bond acceptors (Lipinski definition) is 3. The van der Waals surface area contributed by atoms with Crippen molar-refractivity contribution in [2.45, 2.75) is 26.1 Å². The quantitative estimate of drug-likeness (QED) is 0.692. The molecule has 0 aliphatic heterocycles. The van der Waals surface area contributed by atoms with E-state index in [-0.39, 0.29) is 6.61 Å². The number of carbonyl (C=O) groups excluding carboxylic acids is 1. The van der Waals surface area contributed by atoms with Gasteiger partial charge in [-0.15, -0.1) is 0 Å². The second kappa shape index (κ2) is 4.45. The maximum absolute atomic E-state index is 12.0. The van der Waals surface area contributed by atoms with Crippen molar-refractivity contribution in [2.75, 3.05) is 6.61 Å². The van der Waals surface area contributed by atoms with E-state index >= 15 is 0 Å². The van der Waals surface area contributed by atoms with E-state index in [2.05, 4.69) is 4.74 Å². The molecule has 2 atom stereocenters. The molecule has 2 N–H and O–H groups in total. The lowest BCUT2D eigenvalue weighted by molar-refractivity contribution is -0.174. The minimum absolute atomic E-state index is 0.0494. The number of ether oxygens (including phenoxy) is 1. The summed E-state index contributed by atoms with van der Waals surface area (Å²) in [5.41, 5.74) is 4.80. The van der Waals surface area contributed by atoms with Crippen molar-refractivity contribution in [1.82, 2.24) is 0 Å². The molecule has 0 aromatic heterocycles. The van der Waals surface area contributed by atoms with Gasteiger partial charge in [0, 0.05) is 0 Å². The van der Waals surface area contributed by atoms with Gasteiger partial charge in [-0.1, -0.05) is 6.92 Å². The van der Waals surface area contributed by atoms with E-state index in [0.717, 1.165) is 6.92 Å². The molecule has 0 radical (unpaired) electrons. The fraction of sp³-hybridized carbons (Fsp3) is 0.857. The van der Waals surface area contributed by atoms with Crippen molar-refractivity contribution in [3.8, 4) is 0 Å². The van der Waals surface area contributed by atoms with Crippen molar-refractivity contribution >= 4 is 5.97 Å². The lowest BCUT2D eigenvalue weighted by Crippen LogP contribution is -2.46. The van der Waals surface area contributed by atoms with Crippen LogP contribution in [0.3, 0.4) is 0 Å². The van der Waals surface area contributed by atoms with Crippen LogP contribution >= 0.6 is 0 Å². The Balaban J connectivity index is 4.25. The first-order valence-corrected chi connectivity index (χ1v) is 3.79. The molecule has 13 heavy (non-hydrogen) atoms. The fourth-order valence-corrected chi connectivity index (χ4v) is 0.704. The van der Waals surface area contributed by atoms with Crippen LogP contribution in [0.1, 0.15) is 13.8 Å². The predicted molar refractivity (Wildman–Crippen MR) is 39.8 cm³/mol. The van der Waals surface area contributed by atoms with Crippen LogP contribution in [0.5, 0.6) is 0 Å². The lowest BCUT2D eigenvalue weighted by atomic mass is 10.0. The highest BCUT2D eigenvalue weighted by Crippen LogP contribution is 2.24. The Kier molecular flexibility index (Phi) is 4.19. The summed E-state index contributed by atoms with van der Waals surface area (Å²) in [5, 5.41) is 0. The first-order valence-electron chi connectivity index (χ1n) is 3.79. The highest BCUT2D eigenvalue weighted by molar-refractivity contribution is 5.72. The van der Waals surface area contributed by atoms with Crippen LogP contribution in [0.25, 0.3) is 0 Å². The highest BCUT2D eigenvalue weighted by Gasteiger charge is 2.43. The molecule has 0 unspecified atom stereocenters. The molecule has 0 aromatic rings. The zero-order chi connectivity index (χ0) is 10.6. The first-order chi connectivity index (χ1) is 5.80. The van der Waals surface area contributed by atoms with Crippen molar-refractivity contribution < 1.29 is 22.7 Å². The van der Waals surface area contributed by atoms with E-state index in [1.807, 2.05) is 0 Å². The summed E-state index contributed by atoms with van der Waals surface area (Å²) in [7, 11) is 0. The Morgan fingerprint density at radius 3 is 2.31 bits per heavy atom. The largest absolute Gasteiger partial charge is 0.466 e. The normalized spacial score (nSPS) is 16.5. The Bertz CT molecular complexity index is 181. The average Bonchev–Trinajstić information content (AvgIpc) is 2.00. The molecule has 78 valence electrons. The third-order valence-electron chi connectivity index (χ3n) is 1.58. The summed E-state index contributed by atoms with van der Waals surface area (Å²) in [4.78, 5) is 10.8. The van der Waals surface area contributed by atoms with Gasteiger partial charge in [0.15, 0.2) is 0 Å². The molecule has 0 aromatic carbocycles. The minimum Gasteiger partial charge on any atom is -0.466 e. The zero-order valence-corrected chi connectivity index (χ0v) is 7.39. The molecule has 0 saturated carbocycles. The molecule has 0 aliphatic carbocycles. The molecular weight excluding hydrogens is 187 g/mol. The van der Waals surface area contributed by atoms with Gasteiger partial charge in [-0.2, -0.15) is 13.2 Å². The average molecular weight is 199 g/mol. The number of hydrogen-bond donors (Lipinski definition) is 1. The maximum Gasteiger partial charge on any atom is 0.404 e. The Labute approximate surface area is 74.0 Å². The molecule has 0 bridgehead atoms. The predicted octanol–water partition coefficient (Wildman–Crippen LogP) is 1.08. The molecular formula is C7H12F3NO2. The van der Waals surface area contributed by atoms with Gasteiger partial charge in [-0.05, 0) is 6.92 Å². The van der Waals surface area contributed by atoms with Gasteiger partial charge in [0.05, 0.1) is 12.5 Å². The van der Waals surface area contributed by atoms with Crippen LogP contribution < -0.4 is 5.73 Å². The van der Waals surface area contributed by atoms with Gasteiger partial charge in [0.1, 0.15) is 6.04 Å². The van der Waals surface area contributed by atoms with Crippen molar-refractivity contribution in [3.63, 3.8) is 0 Å². The van der Waals surface area contributed by atoms with Gasteiger partial charge in [0.25, 0.3) is 0 Å². The number of halogens is 3. The first kappa shape index (κ1) is 12.2.